The Balaban J connectivity index is 1.65. The second kappa shape index (κ2) is 9.76. The number of allylic oxidation sites excluding steroid dienone is 2. The van der Waals surface area contributed by atoms with Crippen molar-refractivity contribution in [2.45, 2.75) is 6.92 Å². The first-order chi connectivity index (χ1) is 15.6. The van der Waals surface area contributed by atoms with E-state index in [0.29, 0.717) is 0 Å². The van der Waals surface area contributed by atoms with Gasteiger partial charge in [0.2, 0.25) is 0 Å². The molecule has 0 spiro atoms. The molecule has 2 heteroatoms. The maximum atomic E-state index is 5.80. The summed E-state index contributed by atoms with van der Waals surface area (Å²) in [4.78, 5) is 4.93. The highest BCUT2D eigenvalue weighted by molar-refractivity contribution is 6.13. The molecule has 0 aliphatic heterocycles. The summed E-state index contributed by atoms with van der Waals surface area (Å²) < 4.78 is 0. The number of nitrogens with two attached hydrogens (primary N) is 1. The molecule has 0 amide bonds. The van der Waals surface area contributed by atoms with Crippen LogP contribution in [0.3, 0.4) is 0 Å². The van der Waals surface area contributed by atoms with Gasteiger partial charge in [-0.3, -0.25) is 0 Å². The van der Waals surface area contributed by atoms with E-state index in [9.17, 15) is 0 Å². The maximum absolute atomic E-state index is 5.80. The molecule has 4 aromatic rings. The molecule has 4 aromatic carbocycles. The summed E-state index contributed by atoms with van der Waals surface area (Å²) >= 11 is 0. The van der Waals surface area contributed by atoms with Gasteiger partial charge in [-0.15, -0.1) is 0 Å². The topological polar surface area (TPSA) is 38.4 Å². The highest BCUT2D eigenvalue weighted by Crippen LogP contribution is 2.24. The maximum Gasteiger partial charge on any atom is 0.0712 e. The average molecular weight is 415 g/mol. The van der Waals surface area contributed by atoms with Crippen LogP contribution in [0.25, 0.3) is 22.4 Å². The van der Waals surface area contributed by atoms with Gasteiger partial charge < -0.3 is 5.73 Å². The van der Waals surface area contributed by atoms with Crippen LogP contribution >= 0.6 is 0 Å². The van der Waals surface area contributed by atoms with Crippen LogP contribution in [0.4, 0.5) is 5.69 Å². The Bertz CT molecular complexity index is 1250. The predicted octanol–water partition coefficient (Wildman–Crippen LogP) is 7.50. The van der Waals surface area contributed by atoms with Crippen LogP contribution in [0, 0.1) is 0 Å². The van der Waals surface area contributed by atoms with Crippen molar-refractivity contribution < 1.29 is 0 Å². The van der Waals surface area contributed by atoms with Gasteiger partial charge >= 0.3 is 0 Å². The average Bonchev–Trinajstić information content (AvgIpc) is 2.85. The number of benzene rings is 4. The summed E-state index contributed by atoms with van der Waals surface area (Å²) in [6.45, 7) is 6.36. The normalized spacial score (nSPS) is 11.9. The highest BCUT2D eigenvalue weighted by atomic mass is 14.8. The molecule has 0 radical (unpaired) electrons. The second-order valence-corrected chi connectivity index (χ2v) is 7.70. The second-order valence-electron chi connectivity index (χ2n) is 7.70. The number of hydrogen-bond donors (Lipinski definition) is 1. The van der Waals surface area contributed by atoms with Gasteiger partial charge in [-0.1, -0.05) is 104 Å². The predicted molar refractivity (Wildman–Crippen MR) is 138 cm³/mol. The van der Waals surface area contributed by atoms with Crippen LogP contribution in [-0.2, 0) is 0 Å². The number of hydrogen-bond acceptors (Lipinski definition) is 2. The summed E-state index contributed by atoms with van der Waals surface area (Å²) in [5.74, 6) is 0. The Hall–Kier alpha value is -4.17. The smallest absolute Gasteiger partial charge is 0.0712 e. The van der Waals surface area contributed by atoms with Crippen molar-refractivity contribution in [3.63, 3.8) is 0 Å². The molecule has 0 aromatic heterocycles. The van der Waals surface area contributed by atoms with Crippen molar-refractivity contribution in [1.29, 1.82) is 0 Å². The molecule has 0 unspecified atom stereocenters. The lowest BCUT2D eigenvalue weighted by Gasteiger charge is -2.09. The fourth-order valence-corrected chi connectivity index (χ4v) is 3.52. The van der Waals surface area contributed by atoms with Crippen LogP contribution in [0.5, 0.6) is 0 Å². The quantitative estimate of drug-likeness (QED) is 0.257. The Morgan fingerprint density at radius 3 is 1.72 bits per heavy atom. The summed E-state index contributed by atoms with van der Waals surface area (Å²) in [5, 5.41) is 0. The SMILES string of the molecule is C=C(/N=C(\C=C(/C)c1ccccc1)c1ccccc1)c1ccc(-c2ccc(N)cc2)cc1. The van der Waals surface area contributed by atoms with E-state index in [0.717, 1.165) is 44.9 Å². The molecular formula is C30H26N2. The van der Waals surface area contributed by atoms with Crippen LogP contribution < -0.4 is 5.73 Å². The van der Waals surface area contributed by atoms with E-state index in [1.165, 1.54) is 5.56 Å². The molecule has 0 aliphatic carbocycles. The Morgan fingerprint density at radius 1 is 0.656 bits per heavy atom. The summed E-state index contributed by atoms with van der Waals surface area (Å²) in [7, 11) is 0. The van der Waals surface area contributed by atoms with Gasteiger partial charge in [-0.25, -0.2) is 4.99 Å². The third-order valence-corrected chi connectivity index (χ3v) is 5.37. The molecule has 0 bridgehead atoms. The third kappa shape index (κ3) is 5.11. The molecule has 2 nitrogen and oxygen atoms in total. The first-order valence-electron chi connectivity index (χ1n) is 10.6. The molecule has 4 rings (SSSR count). The minimum Gasteiger partial charge on any atom is -0.399 e. The lowest BCUT2D eigenvalue weighted by atomic mass is 10.0. The van der Waals surface area contributed by atoms with Gasteiger partial charge in [0.05, 0.1) is 11.4 Å². The summed E-state index contributed by atoms with van der Waals surface area (Å²) in [6.07, 6.45) is 2.12. The van der Waals surface area contributed by atoms with Gasteiger partial charge in [0.15, 0.2) is 0 Å². The van der Waals surface area contributed by atoms with Gasteiger partial charge in [0.1, 0.15) is 0 Å². The molecule has 0 heterocycles. The van der Waals surface area contributed by atoms with Gasteiger partial charge in [-0.2, -0.15) is 0 Å². The zero-order valence-electron chi connectivity index (χ0n) is 18.2. The third-order valence-electron chi connectivity index (χ3n) is 5.37. The van der Waals surface area contributed by atoms with Gasteiger partial charge in [0.25, 0.3) is 0 Å². The van der Waals surface area contributed by atoms with Crippen molar-refractivity contribution in [1.82, 2.24) is 0 Å². The van der Waals surface area contributed by atoms with E-state index >= 15 is 0 Å². The standard InChI is InChI=1S/C30H26N2/c1-22(24-9-5-3-6-10-24)21-30(28-11-7-4-8-12-28)32-23(2)25-13-15-26(16-14-25)27-17-19-29(31)20-18-27/h3-21H,2,31H2,1H3/b22-21+,32-30+. The van der Waals surface area contributed by atoms with E-state index in [1.807, 2.05) is 60.7 Å². The molecule has 156 valence electrons. The van der Waals surface area contributed by atoms with Crippen LogP contribution in [0.15, 0.2) is 127 Å². The van der Waals surface area contributed by atoms with Gasteiger partial charge in [-0.05, 0) is 53.0 Å². The van der Waals surface area contributed by atoms with E-state index in [2.05, 4.69) is 68.1 Å². The zero-order chi connectivity index (χ0) is 22.3. The number of nitrogens with zero attached hydrogens (tertiary/aromatic N) is 1. The first-order valence-corrected chi connectivity index (χ1v) is 10.6. The molecule has 32 heavy (non-hydrogen) atoms. The number of nitrogen functional groups attached to an aromatic ring is 1. The van der Waals surface area contributed by atoms with E-state index < -0.39 is 0 Å². The van der Waals surface area contributed by atoms with Crippen molar-refractivity contribution in [2.75, 3.05) is 5.73 Å². The minimum atomic E-state index is 0.727. The van der Waals surface area contributed by atoms with Crippen molar-refractivity contribution in [3.05, 3.63) is 139 Å². The van der Waals surface area contributed by atoms with E-state index in [1.54, 1.807) is 0 Å². The first kappa shape index (κ1) is 21.1. The van der Waals surface area contributed by atoms with E-state index in [4.69, 9.17) is 10.7 Å². The minimum absolute atomic E-state index is 0.727. The monoisotopic (exact) mass is 414 g/mol. The summed E-state index contributed by atoms with van der Waals surface area (Å²) in [5.41, 5.74) is 14.8. The molecule has 0 saturated heterocycles. The molecule has 0 fully saturated rings. The van der Waals surface area contributed by atoms with Gasteiger partial charge in [0, 0.05) is 11.3 Å². The molecule has 2 N–H and O–H groups in total. The fraction of sp³-hybridized carbons (Fsp3) is 0.0333. The highest BCUT2D eigenvalue weighted by Gasteiger charge is 2.06. The molecular weight excluding hydrogens is 388 g/mol. The zero-order valence-corrected chi connectivity index (χ0v) is 18.2. The van der Waals surface area contributed by atoms with Crippen molar-refractivity contribution >= 4 is 22.7 Å². The van der Waals surface area contributed by atoms with Crippen LogP contribution in [0.1, 0.15) is 23.6 Å². The molecule has 0 atom stereocenters. The van der Waals surface area contributed by atoms with Crippen LogP contribution in [-0.4, -0.2) is 5.71 Å². The Labute approximate surface area is 190 Å². The number of anilines is 1. The number of aliphatic imine (C=N–C) groups is 1. The van der Waals surface area contributed by atoms with Crippen molar-refractivity contribution in [3.8, 4) is 11.1 Å². The van der Waals surface area contributed by atoms with Crippen molar-refractivity contribution in [2.24, 2.45) is 4.99 Å². The Morgan fingerprint density at radius 2 is 1.16 bits per heavy atom. The molecule has 0 aliphatic rings. The lowest BCUT2D eigenvalue weighted by Crippen LogP contribution is -1.99. The molecule has 0 saturated carbocycles. The van der Waals surface area contributed by atoms with Crippen LogP contribution in [0.2, 0.25) is 0 Å². The van der Waals surface area contributed by atoms with E-state index in [-0.39, 0.29) is 0 Å². The number of rotatable bonds is 6. The lowest BCUT2D eigenvalue weighted by molar-refractivity contribution is 1.49. The fourth-order valence-electron chi connectivity index (χ4n) is 3.52. The largest absolute Gasteiger partial charge is 0.399 e. The Kier molecular flexibility index (Phi) is 6.43. The summed E-state index contributed by atoms with van der Waals surface area (Å²) in [6, 6.07) is 36.8.